The van der Waals surface area contributed by atoms with E-state index in [1.165, 1.54) is 0 Å². The second kappa shape index (κ2) is 11.0. The maximum absolute atomic E-state index is 13.1. The topological polar surface area (TPSA) is 263 Å². The Kier molecular flexibility index (Phi) is 7.28. The van der Waals surface area contributed by atoms with E-state index in [1.807, 2.05) is 0 Å². The lowest BCUT2D eigenvalue weighted by Gasteiger charge is -2.12. The van der Waals surface area contributed by atoms with Crippen LogP contribution in [0.25, 0.3) is 21.5 Å². The molecule has 2 N–H and O–H groups in total. The van der Waals surface area contributed by atoms with Crippen LogP contribution in [-0.4, -0.2) is 73.7 Å². The van der Waals surface area contributed by atoms with Crippen LogP contribution in [0.1, 0.15) is 41.4 Å². The summed E-state index contributed by atoms with van der Waals surface area (Å²) in [6.45, 7) is 0. The summed E-state index contributed by atoms with van der Waals surface area (Å²) in [6, 6.07) is 7.11. The first-order valence-corrected chi connectivity index (χ1v) is 15.3. The van der Waals surface area contributed by atoms with E-state index in [1.54, 1.807) is 0 Å². The lowest BCUT2D eigenvalue weighted by molar-refractivity contribution is -0.0375. The fraction of sp³-hybridized carbons (Fsp3) is 0.0370. The molecule has 244 valence electrons. The van der Waals surface area contributed by atoms with E-state index in [4.69, 9.17) is 8.57 Å². The summed E-state index contributed by atoms with van der Waals surface area (Å²) >= 11 is -2.79. The number of benzene rings is 3. The fourth-order valence-electron chi connectivity index (χ4n) is 4.80. The zero-order valence-corrected chi connectivity index (χ0v) is 25.1. The Labute approximate surface area is 265 Å². The lowest BCUT2D eigenvalue weighted by Crippen LogP contribution is -2.35. The largest absolute Gasteiger partial charge is 0.422 e. The van der Waals surface area contributed by atoms with Crippen molar-refractivity contribution in [2.45, 2.75) is 9.79 Å². The molecular weight excluding hydrogens is 684 g/mol. The van der Waals surface area contributed by atoms with Crippen molar-refractivity contribution in [3.63, 3.8) is 0 Å². The summed E-state index contributed by atoms with van der Waals surface area (Å²) in [5.41, 5.74) is -6.67. The molecule has 1 atom stereocenters. The Morgan fingerprint density at radius 1 is 0.854 bits per heavy atom. The summed E-state index contributed by atoms with van der Waals surface area (Å²) < 4.78 is 48.6. The predicted molar refractivity (Wildman–Crippen MR) is 156 cm³/mol. The zero-order chi connectivity index (χ0) is 35.0. The number of carbonyl (C=O) groups excluding carboxylic acids is 4. The van der Waals surface area contributed by atoms with E-state index in [9.17, 15) is 61.4 Å². The molecule has 2 aromatic heterocycles. The van der Waals surface area contributed by atoms with Gasteiger partial charge in [-0.2, -0.15) is 12.7 Å². The van der Waals surface area contributed by atoms with Crippen LogP contribution in [0, 0.1) is 0 Å². The highest BCUT2D eigenvalue weighted by molar-refractivity contribution is 7.87. The van der Waals surface area contributed by atoms with Crippen molar-refractivity contribution < 1.29 is 50.8 Å². The monoisotopic (exact) mass is 698 g/mol. The molecule has 3 heterocycles. The molecule has 6 rings (SSSR count). The van der Waals surface area contributed by atoms with E-state index in [0.29, 0.717) is 6.07 Å². The molecule has 1 aliphatic heterocycles. The standard InChI is InChI=1S/C27H14N4O15S2/c1-28(40)21(33)14-7-18-15(5-11(14)10-32)24(36)30(25(18)37)45-47(42)12-3-2-4-13(6-12)48(43,44)46-31-26(38)19-8-16-17(9-20(19)27(31)39)23(35)29(41)22(16)34/h2-10,40-41H,1H3. The van der Waals surface area contributed by atoms with Gasteiger partial charge in [0.05, 0.1) is 43.1 Å². The smallest absolute Gasteiger partial charge is 0.357 e. The van der Waals surface area contributed by atoms with Crippen molar-refractivity contribution >= 4 is 66.8 Å². The molecule has 3 amide bonds. The van der Waals surface area contributed by atoms with Gasteiger partial charge in [-0.15, -0.1) is 9.79 Å². The van der Waals surface area contributed by atoms with Crippen molar-refractivity contribution in [3.8, 4) is 0 Å². The van der Waals surface area contributed by atoms with Gasteiger partial charge in [0, 0.05) is 12.6 Å². The van der Waals surface area contributed by atoms with Gasteiger partial charge in [-0.05, 0) is 42.5 Å². The highest BCUT2D eigenvalue weighted by atomic mass is 32.2. The fourth-order valence-corrected chi connectivity index (χ4v) is 6.58. The second-order valence-corrected chi connectivity index (χ2v) is 12.5. The quantitative estimate of drug-likeness (QED) is 0.0613. The summed E-state index contributed by atoms with van der Waals surface area (Å²) in [7, 11) is -4.11. The van der Waals surface area contributed by atoms with Crippen LogP contribution in [0.15, 0.2) is 77.5 Å². The maximum atomic E-state index is 13.1. The molecule has 0 aliphatic carbocycles. The molecule has 0 spiro atoms. The molecule has 1 aliphatic rings. The van der Waals surface area contributed by atoms with Gasteiger partial charge in [-0.3, -0.25) is 47.8 Å². The third-order valence-corrected chi connectivity index (χ3v) is 9.21. The van der Waals surface area contributed by atoms with E-state index in [2.05, 4.69) is 0 Å². The molecule has 0 saturated heterocycles. The summed E-state index contributed by atoms with van der Waals surface area (Å²) in [4.78, 5) is 98.3. The molecule has 3 aromatic carbocycles. The number of hydrogen-bond donors (Lipinski definition) is 2. The van der Waals surface area contributed by atoms with Crippen LogP contribution < -0.4 is 26.5 Å². The molecule has 0 bridgehead atoms. The first-order valence-electron chi connectivity index (χ1n) is 12.9. The first-order chi connectivity index (χ1) is 22.6. The Hall–Kier alpha value is -6.16. The van der Waals surface area contributed by atoms with Gasteiger partial charge >= 0.3 is 10.1 Å². The molecular formula is C27H14N4O15S2. The van der Waals surface area contributed by atoms with Gasteiger partial charge in [0.2, 0.25) is 11.1 Å². The van der Waals surface area contributed by atoms with Gasteiger partial charge in [0.1, 0.15) is 4.90 Å². The molecule has 48 heavy (non-hydrogen) atoms. The molecule has 19 nitrogen and oxygen atoms in total. The minimum Gasteiger partial charge on any atom is -0.422 e. The van der Waals surface area contributed by atoms with Crippen molar-refractivity contribution in [2.24, 2.45) is 0 Å². The van der Waals surface area contributed by atoms with Gasteiger partial charge < -0.3 is 5.21 Å². The van der Waals surface area contributed by atoms with Crippen molar-refractivity contribution in [2.75, 3.05) is 7.05 Å². The van der Waals surface area contributed by atoms with Gasteiger partial charge in [-0.1, -0.05) is 10.8 Å². The third kappa shape index (κ3) is 4.72. The Bertz CT molecular complexity index is 2590. The number of carbonyl (C=O) groups is 4. The summed E-state index contributed by atoms with van der Waals surface area (Å²) in [6.07, 6.45) is 0.198. The van der Waals surface area contributed by atoms with Crippen LogP contribution >= 0.6 is 0 Å². The van der Waals surface area contributed by atoms with Crippen LogP contribution in [0.3, 0.4) is 0 Å². The van der Waals surface area contributed by atoms with Gasteiger partial charge in [0.15, 0.2) is 6.29 Å². The average Bonchev–Trinajstić information content (AvgIpc) is 3.53. The maximum Gasteiger partial charge on any atom is 0.357 e. The van der Waals surface area contributed by atoms with Crippen LogP contribution in [0.4, 0.5) is 0 Å². The predicted octanol–water partition coefficient (Wildman–Crippen LogP) is -1.51. The van der Waals surface area contributed by atoms with Crippen molar-refractivity contribution in [1.82, 2.24) is 19.6 Å². The van der Waals surface area contributed by atoms with Crippen LogP contribution in [-0.2, 0) is 25.5 Å². The molecule has 1 unspecified atom stereocenters. The summed E-state index contributed by atoms with van der Waals surface area (Å²) in [5, 5.41) is 17.3. The molecule has 21 heteroatoms. The minimum atomic E-state index is -5.07. The Morgan fingerprint density at radius 2 is 1.40 bits per heavy atom. The van der Waals surface area contributed by atoms with Crippen molar-refractivity contribution in [3.05, 3.63) is 112 Å². The number of rotatable bonds is 8. The number of aromatic nitrogens is 2. The highest BCUT2D eigenvalue weighted by Crippen LogP contribution is 2.28. The minimum absolute atomic E-state index is 0.0472. The number of imide groups is 1. The van der Waals surface area contributed by atoms with E-state index in [-0.39, 0.29) is 31.4 Å². The first kappa shape index (κ1) is 31.8. The highest BCUT2D eigenvalue weighted by Gasteiger charge is 2.40. The molecule has 5 aromatic rings. The zero-order valence-electron chi connectivity index (χ0n) is 23.5. The lowest BCUT2D eigenvalue weighted by atomic mass is 9.99. The number of fused-ring (bicyclic) bond motifs is 3. The summed E-state index contributed by atoms with van der Waals surface area (Å²) in [5.74, 6) is -3.49. The van der Waals surface area contributed by atoms with E-state index >= 15 is 0 Å². The van der Waals surface area contributed by atoms with Crippen molar-refractivity contribution in [1.29, 1.82) is 0 Å². The second-order valence-electron chi connectivity index (χ2n) is 9.92. The third-order valence-electron chi connectivity index (χ3n) is 7.11. The van der Waals surface area contributed by atoms with Crippen LogP contribution in [0.2, 0.25) is 0 Å². The number of nitrogens with zero attached hydrogens (tertiary/aromatic N) is 4. The average molecular weight is 699 g/mol. The normalized spacial score (nSPS) is 13.7. The number of hydrogen-bond acceptors (Lipinski definition) is 15. The van der Waals surface area contributed by atoms with Gasteiger partial charge in [0.25, 0.3) is 40.0 Å². The van der Waals surface area contributed by atoms with E-state index < -0.39 is 109 Å². The SMILES string of the molecule is CN(O)C(=O)c1cc2c(cc1C=O)C(=O)N(OS(=O)c1cccc(S(=O)(=O)On3c(=O)c4cc5c(=O)n(O)c(=O)c5cc4c3=O)c1)C2=O. The molecule has 0 radical (unpaired) electrons. The number of amides is 3. The van der Waals surface area contributed by atoms with Gasteiger partial charge in [-0.25, -0.2) is 9.27 Å². The Balaban J connectivity index is 1.28. The Morgan fingerprint density at radius 3 is 1.94 bits per heavy atom. The number of aldehydes is 1. The van der Waals surface area contributed by atoms with Crippen LogP contribution in [0.5, 0.6) is 0 Å². The molecule has 0 saturated carbocycles. The number of hydroxylamine groups is 4. The molecule has 0 fully saturated rings. The van der Waals surface area contributed by atoms with E-state index in [0.717, 1.165) is 49.5 Å².